The molecule has 1 aromatic heterocycles. The predicted molar refractivity (Wildman–Crippen MR) is 108 cm³/mol. The van der Waals surface area contributed by atoms with Crippen LogP contribution in [0.2, 0.25) is 5.02 Å². The van der Waals surface area contributed by atoms with Gasteiger partial charge in [0.15, 0.2) is 5.78 Å². The number of thioether (sulfide) groups is 1. The number of rotatable bonds is 6. The van der Waals surface area contributed by atoms with Gasteiger partial charge in [-0.3, -0.25) is 9.78 Å². The van der Waals surface area contributed by atoms with Crippen LogP contribution in [0.1, 0.15) is 28.0 Å². The summed E-state index contributed by atoms with van der Waals surface area (Å²) in [6, 6.07) is 5.93. The quantitative estimate of drug-likeness (QED) is 0.547. The number of benzene rings is 1. The molecule has 5 nitrogen and oxygen atoms in total. The van der Waals surface area contributed by atoms with Gasteiger partial charge >= 0.3 is 0 Å². The highest BCUT2D eigenvalue weighted by Crippen LogP contribution is 2.55. The number of alkyl halides is 1. The minimum absolute atomic E-state index is 0.0840. The smallest absolute Gasteiger partial charge is 0.283 e. The summed E-state index contributed by atoms with van der Waals surface area (Å²) >= 11 is 6.98. The predicted octanol–water partition coefficient (Wildman–Crippen LogP) is 3.92. The molecule has 1 aliphatic heterocycles. The fourth-order valence-corrected chi connectivity index (χ4v) is 4.65. The third-order valence-corrected chi connectivity index (χ3v) is 6.33. The van der Waals surface area contributed by atoms with Gasteiger partial charge in [-0.05, 0) is 42.0 Å². The lowest BCUT2D eigenvalue weighted by Gasteiger charge is -2.33. The van der Waals surface area contributed by atoms with E-state index in [0.29, 0.717) is 27.5 Å². The number of nitrogens with two attached hydrogens (primary N) is 1. The number of nitrogens with zero attached hydrogens (tertiary/aromatic N) is 2. The van der Waals surface area contributed by atoms with Crippen LogP contribution >= 0.6 is 23.4 Å². The fourth-order valence-electron chi connectivity index (χ4n) is 3.82. The zero-order chi connectivity index (χ0) is 20.8. The Kier molecular flexibility index (Phi) is 5.25. The lowest BCUT2D eigenvalue weighted by molar-refractivity contribution is 0.0988. The first-order valence-corrected chi connectivity index (χ1v) is 10.6. The van der Waals surface area contributed by atoms with Crippen LogP contribution in [-0.2, 0) is 16.7 Å². The number of aliphatic imine (C=N–C) groups is 1. The van der Waals surface area contributed by atoms with E-state index in [9.17, 15) is 13.6 Å². The number of Topliss-reactive ketones (excluding diaryl/α,β-unsaturated/α-hetero) is 1. The molecule has 152 valence electrons. The standard InChI is InChI=1S/C20H18ClF2N3O2S/c1-29-18-13(20(9-22)12-7-17(12)28-19(24)26-20)4-10(5-14(18)23)6-16(27)15-3-2-11(21)8-25-15/h2-5,8,12,17H,6-7,9H2,1H3,(H2,24,26)/t12-,17+,20-/m0/s1. The molecule has 29 heavy (non-hydrogen) atoms. The number of fused-ring (bicyclic) bond motifs is 1. The van der Waals surface area contributed by atoms with Gasteiger partial charge in [-0.2, -0.15) is 0 Å². The van der Waals surface area contributed by atoms with Crippen molar-refractivity contribution in [3.8, 4) is 0 Å². The Hall–Kier alpha value is -2.19. The topological polar surface area (TPSA) is 77.6 Å². The van der Waals surface area contributed by atoms with Gasteiger partial charge in [0.2, 0.25) is 0 Å². The van der Waals surface area contributed by atoms with Crippen molar-refractivity contribution >= 4 is 35.2 Å². The Labute approximate surface area is 175 Å². The lowest BCUT2D eigenvalue weighted by atomic mass is 9.84. The molecule has 0 radical (unpaired) electrons. The Balaban J connectivity index is 1.75. The van der Waals surface area contributed by atoms with Crippen LogP contribution in [0, 0.1) is 11.7 Å². The van der Waals surface area contributed by atoms with Crippen molar-refractivity contribution in [3.63, 3.8) is 0 Å². The number of carbonyl (C=O) groups excluding carboxylic acids is 1. The van der Waals surface area contributed by atoms with Crippen LogP contribution < -0.4 is 5.73 Å². The van der Waals surface area contributed by atoms with Gasteiger partial charge < -0.3 is 10.5 Å². The average molecular weight is 438 g/mol. The summed E-state index contributed by atoms with van der Waals surface area (Å²) in [6.45, 7) is -0.832. The van der Waals surface area contributed by atoms with Crippen molar-refractivity contribution < 1.29 is 18.3 Å². The molecular weight excluding hydrogens is 420 g/mol. The van der Waals surface area contributed by atoms with Crippen LogP contribution in [0.4, 0.5) is 8.78 Å². The SMILES string of the molecule is CSc1c(F)cc(CC(=O)c2ccc(Cl)cn2)cc1[C@@]1(CF)N=C(N)O[C@@H]2C[C@@H]21. The van der Waals surface area contributed by atoms with Crippen LogP contribution in [0.25, 0.3) is 0 Å². The molecule has 1 aliphatic carbocycles. The third-order valence-electron chi connectivity index (χ3n) is 5.28. The van der Waals surface area contributed by atoms with Crippen molar-refractivity contribution in [3.05, 3.63) is 58.1 Å². The van der Waals surface area contributed by atoms with Gasteiger partial charge in [-0.1, -0.05) is 17.7 Å². The van der Waals surface area contributed by atoms with Crippen molar-refractivity contribution in [2.45, 2.75) is 29.4 Å². The number of halogens is 3. The zero-order valence-corrected chi connectivity index (χ0v) is 17.1. The molecule has 0 bridgehead atoms. The summed E-state index contributed by atoms with van der Waals surface area (Å²) in [6.07, 6.45) is 3.39. The summed E-state index contributed by atoms with van der Waals surface area (Å²) < 4.78 is 34.7. The average Bonchev–Trinajstić information content (AvgIpc) is 3.47. The van der Waals surface area contributed by atoms with Gasteiger partial charge in [-0.15, -0.1) is 11.8 Å². The molecule has 2 heterocycles. The number of hydrogen-bond donors (Lipinski definition) is 1. The number of ether oxygens (including phenoxy) is 1. The molecule has 2 aromatic rings. The second-order valence-corrected chi connectivity index (χ2v) is 8.38. The molecule has 0 amide bonds. The maximum Gasteiger partial charge on any atom is 0.283 e. The molecule has 1 aromatic carbocycles. The van der Waals surface area contributed by atoms with E-state index >= 15 is 0 Å². The highest BCUT2D eigenvalue weighted by atomic mass is 35.5. The highest BCUT2D eigenvalue weighted by molar-refractivity contribution is 7.98. The second kappa shape index (κ2) is 7.57. The number of amidine groups is 1. The lowest BCUT2D eigenvalue weighted by Crippen LogP contribution is -2.39. The molecule has 9 heteroatoms. The van der Waals surface area contributed by atoms with Crippen LogP contribution in [0.3, 0.4) is 0 Å². The number of ketones is 1. The first-order chi connectivity index (χ1) is 13.9. The first-order valence-electron chi connectivity index (χ1n) is 8.97. The maximum absolute atomic E-state index is 14.9. The van der Waals surface area contributed by atoms with Gasteiger partial charge in [0.1, 0.15) is 29.8 Å². The minimum Gasteiger partial charge on any atom is -0.462 e. The zero-order valence-electron chi connectivity index (χ0n) is 15.5. The first kappa shape index (κ1) is 20.1. The van der Waals surface area contributed by atoms with E-state index in [1.807, 2.05) is 0 Å². The van der Waals surface area contributed by atoms with Gasteiger partial charge in [0.05, 0.1) is 5.02 Å². The third kappa shape index (κ3) is 3.59. The molecule has 2 N–H and O–H groups in total. The van der Waals surface area contributed by atoms with Crippen molar-refractivity contribution in [1.29, 1.82) is 0 Å². The van der Waals surface area contributed by atoms with E-state index in [-0.39, 0.29) is 35.9 Å². The van der Waals surface area contributed by atoms with Gasteiger partial charge in [0.25, 0.3) is 6.02 Å². The van der Waals surface area contributed by atoms with E-state index in [1.54, 1.807) is 18.4 Å². The van der Waals surface area contributed by atoms with Crippen molar-refractivity contribution in [1.82, 2.24) is 4.98 Å². The Bertz CT molecular complexity index is 1000. The van der Waals surface area contributed by atoms with E-state index in [4.69, 9.17) is 22.1 Å². The highest BCUT2D eigenvalue weighted by Gasteiger charge is 2.60. The largest absolute Gasteiger partial charge is 0.462 e. The number of hydrogen-bond acceptors (Lipinski definition) is 6. The molecule has 2 aliphatic rings. The molecule has 1 saturated carbocycles. The molecular formula is C20H18ClF2N3O2S. The molecule has 1 fully saturated rings. The molecule has 4 rings (SSSR count). The van der Waals surface area contributed by atoms with Gasteiger partial charge in [0, 0.05) is 23.4 Å². The van der Waals surface area contributed by atoms with Crippen molar-refractivity contribution in [2.75, 3.05) is 12.9 Å². The summed E-state index contributed by atoms with van der Waals surface area (Å²) in [5.74, 6) is -1.03. The van der Waals surface area contributed by atoms with Crippen LogP contribution in [0.5, 0.6) is 0 Å². The Morgan fingerprint density at radius 3 is 2.90 bits per heavy atom. The molecule has 0 unspecified atom stereocenters. The monoisotopic (exact) mass is 437 g/mol. The van der Waals surface area contributed by atoms with Gasteiger partial charge in [-0.25, -0.2) is 13.8 Å². The van der Waals surface area contributed by atoms with E-state index < -0.39 is 18.0 Å². The Morgan fingerprint density at radius 1 is 1.45 bits per heavy atom. The Morgan fingerprint density at radius 2 is 2.24 bits per heavy atom. The molecule has 0 saturated heterocycles. The number of aromatic nitrogens is 1. The van der Waals surface area contributed by atoms with E-state index in [0.717, 1.165) is 0 Å². The van der Waals surface area contributed by atoms with Crippen molar-refractivity contribution in [2.24, 2.45) is 16.6 Å². The summed E-state index contributed by atoms with van der Waals surface area (Å²) in [4.78, 5) is 21.2. The number of pyridine rings is 1. The normalized spacial score (nSPS) is 25.0. The summed E-state index contributed by atoms with van der Waals surface area (Å²) in [5, 5.41) is 0.415. The van der Waals surface area contributed by atoms with Crippen LogP contribution in [0.15, 0.2) is 40.4 Å². The summed E-state index contributed by atoms with van der Waals surface area (Å²) in [5.41, 5.74) is 5.51. The van der Waals surface area contributed by atoms with E-state index in [1.165, 1.54) is 30.1 Å². The van der Waals surface area contributed by atoms with Crippen LogP contribution in [-0.4, -0.2) is 35.8 Å². The molecule has 3 atom stereocenters. The molecule has 0 spiro atoms. The maximum atomic E-state index is 14.9. The minimum atomic E-state index is -1.30. The fraction of sp³-hybridized carbons (Fsp3) is 0.350. The van der Waals surface area contributed by atoms with E-state index in [2.05, 4.69) is 9.98 Å². The second-order valence-electron chi connectivity index (χ2n) is 7.13. The number of carbonyl (C=O) groups is 1. The summed E-state index contributed by atoms with van der Waals surface area (Å²) in [7, 11) is 0.